The van der Waals surface area contributed by atoms with Gasteiger partial charge in [0.25, 0.3) is 0 Å². The van der Waals surface area contributed by atoms with E-state index in [4.69, 9.17) is 16.4 Å². The van der Waals surface area contributed by atoms with Crippen LogP contribution in [0.1, 0.15) is 22.4 Å². The van der Waals surface area contributed by atoms with E-state index in [2.05, 4.69) is 10.5 Å². The summed E-state index contributed by atoms with van der Waals surface area (Å²) in [4.78, 5) is 21.6. The maximum atomic E-state index is 15.1. The van der Waals surface area contributed by atoms with Gasteiger partial charge in [-0.15, -0.1) is 0 Å². The molecule has 3 heterocycles. The predicted octanol–water partition coefficient (Wildman–Crippen LogP) is 4.14. The van der Waals surface area contributed by atoms with Crippen molar-refractivity contribution in [2.75, 3.05) is 25.1 Å². The number of hydrogen-bond donors (Lipinski definition) is 1. The van der Waals surface area contributed by atoms with Crippen LogP contribution in [0.25, 0.3) is 5.70 Å². The number of nitrogens with one attached hydrogen (secondary N) is 1. The van der Waals surface area contributed by atoms with E-state index >= 15 is 4.39 Å². The smallest absolute Gasteiger partial charge is 0.334 e. The number of halogens is 8. The molecular weight excluding hydrogens is 571 g/mol. The van der Waals surface area contributed by atoms with E-state index in [0.717, 1.165) is 29.5 Å². The molecule has 7 nitrogen and oxygen atoms in total. The third-order valence-corrected chi connectivity index (χ3v) is 7.05. The highest BCUT2D eigenvalue weighted by Gasteiger charge is 2.60. The molecule has 0 bridgehead atoms. The average molecular weight is 588 g/mol. The molecule has 1 N–H and O–H groups in total. The Labute approximate surface area is 216 Å². The summed E-state index contributed by atoms with van der Waals surface area (Å²) in [5.74, 6) is -1.57. The van der Waals surface area contributed by atoms with Crippen molar-refractivity contribution < 1.29 is 48.8 Å². The summed E-state index contributed by atoms with van der Waals surface area (Å²) in [6.45, 7) is -0.930. The monoisotopic (exact) mass is 587 g/mol. The first-order valence-electron chi connectivity index (χ1n) is 10.6. The number of carbonyl (C=O) groups excluding carboxylic acids is 1. The lowest BCUT2D eigenvalue weighted by Gasteiger charge is -2.43. The number of rotatable bonds is 5. The Morgan fingerprint density at radius 2 is 1.82 bits per heavy atom. The van der Waals surface area contributed by atoms with Crippen LogP contribution >= 0.6 is 11.6 Å². The second-order valence-corrected chi connectivity index (χ2v) is 11.5. The number of carbonyl (C=O) groups is 1. The minimum absolute atomic E-state index is 0.00202. The molecule has 2 aliphatic rings. The maximum Gasteiger partial charge on any atom is 0.428 e. The van der Waals surface area contributed by atoms with Crippen molar-refractivity contribution in [3.05, 3.63) is 70.0 Å². The van der Waals surface area contributed by atoms with Gasteiger partial charge in [-0.2, -0.15) is 26.3 Å². The number of amides is 1. The zero-order valence-corrected chi connectivity index (χ0v) is 20.7. The summed E-state index contributed by atoms with van der Waals surface area (Å²) in [5, 5.41) is -0.791. The van der Waals surface area contributed by atoms with E-state index in [9.17, 15) is 39.6 Å². The van der Waals surface area contributed by atoms with Gasteiger partial charge in [0.05, 0.1) is 35.1 Å². The number of likely N-dealkylation sites (tertiary alicyclic amines) is 1. The fourth-order valence-electron chi connectivity index (χ4n) is 3.99. The molecule has 0 saturated carbocycles. The van der Waals surface area contributed by atoms with Gasteiger partial charge in [0.1, 0.15) is 5.75 Å². The standard InChI is InChI=1S/C22H17ClF7N3O4S/c1-38(35,36)9-18(34)33-10-19(24,11-33)17-5-2-12(8-31-17)16-7-20(37-32-16,22(28,29)30)13-3-4-15(23)14(6-13)21(25,26)27/h2-8,32H,9-11H2,1H3. The van der Waals surface area contributed by atoms with Crippen molar-refractivity contribution in [1.29, 1.82) is 0 Å². The van der Waals surface area contributed by atoms with Crippen molar-refractivity contribution in [3.8, 4) is 0 Å². The van der Waals surface area contributed by atoms with Crippen molar-refractivity contribution >= 4 is 33.0 Å². The van der Waals surface area contributed by atoms with E-state index in [-0.39, 0.29) is 23.0 Å². The van der Waals surface area contributed by atoms with Crippen LogP contribution in [0.3, 0.4) is 0 Å². The van der Waals surface area contributed by atoms with E-state index in [0.29, 0.717) is 12.1 Å². The van der Waals surface area contributed by atoms with Gasteiger partial charge in [-0.25, -0.2) is 12.8 Å². The molecule has 16 heteroatoms. The number of benzene rings is 1. The number of sulfone groups is 1. The highest BCUT2D eigenvalue weighted by molar-refractivity contribution is 7.91. The lowest BCUT2D eigenvalue weighted by atomic mass is 9.89. The molecule has 2 aromatic rings. The fraction of sp³-hybridized carbons (Fsp3) is 0.364. The Kier molecular flexibility index (Phi) is 6.72. The lowest BCUT2D eigenvalue weighted by Crippen LogP contribution is -2.60. The summed E-state index contributed by atoms with van der Waals surface area (Å²) in [5.41, 5.74) is -6.17. The Morgan fingerprint density at radius 1 is 1.16 bits per heavy atom. The lowest BCUT2D eigenvalue weighted by molar-refractivity contribution is -0.269. The van der Waals surface area contributed by atoms with Crippen LogP contribution in [0.15, 0.2) is 42.6 Å². The summed E-state index contributed by atoms with van der Waals surface area (Å²) in [6.07, 6.45) is -7.81. The molecule has 1 atom stereocenters. The molecule has 0 spiro atoms. The van der Waals surface area contributed by atoms with Crippen LogP contribution in [-0.2, 0) is 36.9 Å². The summed E-state index contributed by atoms with van der Waals surface area (Å²) < 4.78 is 120. The Hall–Kier alpha value is -2.91. The van der Waals surface area contributed by atoms with Gasteiger partial charge in [0.15, 0.2) is 15.5 Å². The zero-order valence-electron chi connectivity index (χ0n) is 19.1. The average Bonchev–Trinajstić information content (AvgIpc) is 3.22. The van der Waals surface area contributed by atoms with Gasteiger partial charge >= 0.3 is 12.4 Å². The van der Waals surface area contributed by atoms with Gasteiger partial charge in [0.2, 0.25) is 11.5 Å². The maximum absolute atomic E-state index is 15.1. The molecule has 1 aromatic carbocycles. The Morgan fingerprint density at radius 3 is 2.34 bits per heavy atom. The Bertz CT molecular complexity index is 1410. The number of pyridine rings is 1. The molecule has 206 valence electrons. The summed E-state index contributed by atoms with van der Waals surface area (Å²) in [7, 11) is -3.61. The van der Waals surface area contributed by atoms with Gasteiger partial charge in [-0.1, -0.05) is 17.7 Å². The largest absolute Gasteiger partial charge is 0.428 e. The van der Waals surface area contributed by atoms with Crippen LogP contribution in [0.2, 0.25) is 5.02 Å². The molecule has 4 rings (SSSR count). The first-order valence-corrected chi connectivity index (χ1v) is 13.0. The highest BCUT2D eigenvalue weighted by atomic mass is 35.5. The molecule has 1 aromatic heterocycles. The van der Waals surface area contributed by atoms with Crippen LogP contribution in [-0.4, -0.2) is 55.5 Å². The second kappa shape index (κ2) is 9.09. The molecule has 38 heavy (non-hydrogen) atoms. The van der Waals surface area contributed by atoms with Gasteiger partial charge in [-0.05, 0) is 30.3 Å². The molecule has 0 aliphatic carbocycles. The van der Waals surface area contributed by atoms with E-state index in [1.807, 2.05) is 0 Å². The molecule has 1 amide bonds. The third kappa shape index (κ3) is 5.18. The zero-order chi connectivity index (χ0) is 28.3. The number of hydroxylamine groups is 1. The van der Waals surface area contributed by atoms with Crippen LogP contribution < -0.4 is 5.48 Å². The van der Waals surface area contributed by atoms with Gasteiger partial charge in [-0.3, -0.25) is 20.1 Å². The second-order valence-electron chi connectivity index (χ2n) is 8.91. The van der Waals surface area contributed by atoms with Gasteiger partial charge in [0, 0.05) is 23.6 Å². The molecule has 2 aliphatic heterocycles. The number of nitrogens with zero attached hydrogens (tertiary/aromatic N) is 2. The quantitative estimate of drug-likeness (QED) is 0.529. The minimum Gasteiger partial charge on any atom is -0.334 e. The molecule has 1 fully saturated rings. The molecule has 1 unspecified atom stereocenters. The summed E-state index contributed by atoms with van der Waals surface area (Å²) in [6, 6.07) is 4.06. The van der Waals surface area contributed by atoms with Crippen LogP contribution in [0.4, 0.5) is 30.7 Å². The first kappa shape index (κ1) is 28.1. The fourth-order valence-corrected chi connectivity index (χ4v) is 4.85. The van der Waals surface area contributed by atoms with Crippen LogP contribution in [0, 0.1) is 0 Å². The number of hydrogen-bond acceptors (Lipinski definition) is 6. The van der Waals surface area contributed by atoms with E-state index < -0.39 is 74.4 Å². The van der Waals surface area contributed by atoms with E-state index in [1.54, 1.807) is 0 Å². The predicted molar refractivity (Wildman–Crippen MR) is 120 cm³/mol. The normalized spacial score (nSPS) is 21.5. The van der Waals surface area contributed by atoms with E-state index in [1.165, 1.54) is 6.07 Å². The SMILES string of the molecule is CS(=O)(=O)CC(=O)N1CC(F)(c2ccc(C3=CC(c4ccc(Cl)c(C(F)(F)F)c4)(C(F)(F)F)ON3)cn2)C1. The molecular formula is C22H17ClF7N3O4S. The highest BCUT2D eigenvalue weighted by Crippen LogP contribution is 2.49. The van der Waals surface area contributed by atoms with Gasteiger partial charge < -0.3 is 4.90 Å². The molecule has 1 saturated heterocycles. The number of alkyl halides is 7. The van der Waals surface area contributed by atoms with Crippen molar-refractivity contribution in [2.24, 2.45) is 0 Å². The number of aromatic nitrogens is 1. The first-order chi connectivity index (χ1) is 17.3. The molecule has 0 radical (unpaired) electrons. The van der Waals surface area contributed by atoms with Crippen LogP contribution in [0.5, 0.6) is 0 Å². The topological polar surface area (TPSA) is 88.6 Å². The Balaban J connectivity index is 1.60. The van der Waals surface area contributed by atoms with Crippen molar-refractivity contribution in [3.63, 3.8) is 0 Å². The third-order valence-electron chi connectivity index (χ3n) is 5.95. The summed E-state index contributed by atoms with van der Waals surface area (Å²) >= 11 is 5.53. The van der Waals surface area contributed by atoms with Crippen molar-refractivity contribution in [1.82, 2.24) is 15.4 Å². The minimum atomic E-state index is -5.21. The van der Waals surface area contributed by atoms with Crippen molar-refractivity contribution in [2.45, 2.75) is 23.6 Å².